The monoisotopic (exact) mass is 385 g/mol. The van der Waals surface area contributed by atoms with Crippen LogP contribution in [-0.2, 0) is 19.1 Å². The van der Waals surface area contributed by atoms with Gasteiger partial charge < -0.3 is 10.1 Å². The lowest BCUT2D eigenvalue weighted by atomic mass is 10.1. The number of nitrogens with one attached hydrogen (secondary N) is 1. The molecular weight excluding hydrogens is 366 g/mol. The minimum atomic E-state index is -0.692. The van der Waals surface area contributed by atoms with E-state index in [2.05, 4.69) is 10.4 Å². The highest BCUT2D eigenvalue weighted by Gasteiger charge is 2.26. The largest absolute Gasteiger partial charge is 0.451 e. The van der Waals surface area contributed by atoms with Crippen LogP contribution in [0, 0.1) is 0 Å². The maximum Gasteiger partial charge on any atom is 0.355 e. The molecule has 1 aromatic carbocycles. The normalized spacial score (nSPS) is 15.1. The number of carbonyl (C=O) groups is 3. The summed E-state index contributed by atoms with van der Waals surface area (Å²) in [7, 11) is 0. The van der Waals surface area contributed by atoms with E-state index in [0.29, 0.717) is 5.69 Å². The zero-order valence-corrected chi connectivity index (χ0v) is 15.6. The molecule has 0 aliphatic carbocycles. The van der Waals surface area contributed by atoms with Crippen molar-refractivity contribution < 1.29 is 19.1 Å². The first-order valence-electron chi connectivity index (χ1n) is 8.50. The summed E-state index contributed by atoms with van der Waals surface area (Å²) in [4.78, 5) is 37.3. The van der Waals surface area contributed by atoms with Gasteiger partial charge in [-0.15, -0.1) is 11.3 Å². The quantitative estimate of drug-likeness (QED) is 0.775. The van der Waals surface area contributed by atoms with E-state index in [-0.39, 0.29) is 30.5 Å². The summed E-state index contributed by atoms with van der Waals surface area (Å²) < 4.78 is 5.06. The number of carbonyl (C=O) groups excluding carboxylic acids is 3. The van der Waals surface area contributed by atoms with Crippen molar-refractivity contribution in [2.45, 2.75) is 25.8 Å². The van der Waals surface area contributed by atoms with Crippen molar-refractivity contribution in [3.63, 3.8) is 0 Å². The number of ether oxygens (including phenoxy) is 1. The van der Waals surface area contributed by atoms with Gasteiger partial charge >= 0.3 is 5.97 Å². The number of esters is 1. The Kier molecular flexibility index (Phi) is 5.97. The molecule has 3 rings (SSSR count). The van der Waals surface area contributed by atoms with Gasteiger partial charge in [-0.05, 0) is 30.5 Å². The van der Waals surface area contributed by atoms with Crippen LogP contribution < -0.4 is 10.3 Å². The van der Waals surface area contributed by atoms with Gasteiger partial charge in [0.1, 0.15) is 5.71 Å². The molecule has 1 aromatic heterocycles. The fourth-order valence-electron chi connectivity index (χ4n) is 2.58. The van der Waals surface area contributed by atoms with Crippen molar-refractivity contribution in [1.29, 1.82) is 0 Å². The molecule has 1 N–H and O–H groups in total. The summed E-state index contributed by atoms with van der Waals surface area (Å²) in [5.74, 6) is -1.28. The van der Waals surface area contributed by atoms with E-state index in [1.165, 1.54) is 16.3 Å². The highest BCUT2D eigenvalue weighted by molar-refractivity contribution is 7.10. The third-order valence-corrected chi connectivity index (χ3v) is 5.01. The maximum absolute atomic E-state index is 12.2. The number of hydrogen-bond donors (Lipinski definition) is 1. The molecule has 2 heterocycles. The zero-order chi connectivity index (χ0) is 19.2. The topological polar surface area (TPSA) is 88.1 Å². The summed E-state index contributed by atoms with van der Waals surface area (Å²) in [5.41, 5.74) is 0.701. The van der Waals surface area contributed by atoms with Crippen LogP contribution in [0.5, 0.6) is 0 Å². The average molecular weight is 385 g/mol. The second-order valence-electron chi connectivity index (χ2n) is 5.97. The SMILES string of the molecule is C[C@@H](NC(=O)COC(=O)C1=NN(c2ccccc2)C(=O)CC1)c1cccs1. The van der Waals surface area contributed by atoms with Crippen molar-refractivity contribution >= 4 is 40.5 Å². The number of hydrogen-bond acceptors (Lipinski definition) is 6. The van der Waals surface area contributed by atoms with E-state index < -0.39 is 18.5 Å². The number of rotatable bonds is 6. The molecule has 140 valence electrons. The Labute approximate surface area is 160 Å². The fraction of sp³-hybridized carbons (Fsp3) is 0.263. The first kappa shape index (κ1) is 18.8. The number of thiophene rings is 1. The van der Waals surface area contributed by atoms with Crippen LogP contribution in [0.15, 0.2) is 52.9 Å². The van der Waals surface area contributed by atoms with E-state index in [1.54, 1.807) is 24.3 Å². The first-order valence-corrected chi connectivity index (χ1v) is 9.38. The molecule has 2 aromatic rings. The Hall–Kier alpha value is -3.00. The number of para-hydroxylation sites is 1. The lowest BCUT2D eigenvalue weighted by Gasteiger charge is -2.22. The Bertz CT molecular complexity index is 849. The highest BCUT2D eigenvalue weighted by Crippen LogP contribution is 2.20. The summed E-state index contributed by atoms with van der Waals surface area (Å²) in [6.07, 6.45) is 0.346. The Morgan fingerprint density at radius 3 is 2.70 bits per heavy atom. The van der Waals surface area contributed by atoms with Crippen molar-refractivity contribution in [3.05, 3.63) is 52.7 Å². The molecule has 2 amide bonds. The Morgan fingerprint density at radius 2 is 2.00 bits per heavy atom. The Balaban J connectivity index is 1.57. The molecule has 0 spiro atoms. The predicted molar refractivity (Wildman–Crippen MR) is 102 cm³/mol. The smallest absolute Gasteiger partial charge is 0.355 e. The second kappa shape index (κ2) is 8.59. The lowest BCUT2D eigenvalue weighted by Crippen LogP contribution is -2.36. The van der Waals surface area contributed by atoms with E-state index in [1.807, 2.05) is 30.5 Å². The van der Waals surface area contributed by atoms with Gasteiger partial charge in [0.2, 0.25) is 5.91 Å². The predicted octanol–water partition coefficient (Wildman–Crippen LogP) is 2.65. The second-order valence-corrected chi connectivity index (χ2v) is 6.95. The molecule has 8 heteroatoms. The molecule has 1 aliphatic heterocycles. The van der Waals surface area contributed by atoms with Gasteiger partial charge in [0.05, 0.1) is 11.7 Å². The lowest BCUT2D eigenvalue weighted by molar-refractivity contribution is -0.142. The molecule has 1 aliphatic rings. The van der Waals surface area contributed by atoms with Crippen LogP contribution in [0.1, 0.15) is 30.7 Å². The minimum Gasteiger partial charge on any atom is -0.451 e. The summed E-state index contributed by atoms with van der Waals surface area (Å²) in [5, 5.41) is 10.0. The number of anilines is 1. The summed E-state index contributed by atoms with van der Waals surface area (Å²) in [6.45, 7) is 1.47. The van der Waals surface area contributed by atoms with E-state index >= 15 is 0 Å². The molecule has 0 saturated heterocycles. The van der Waals surface area contributed by atoms with Crippen LogP contribution in [0.2, 0.25) is 0 Å². The number of amides is 2. The molecule has 7 nitrogen and oxygen atoms in total. The highest BCUT2D eigenvalue weighted by atomic mass is 32.1. The molecule has 0 saturated carbocycles. The first-order chi connectivity index (χ1) is 13.0. The van der Waals surface area contributed by atoms with Crippen LogP contribution in [0.25, 0.3) is 0 Å². The third-order valence-electron chi connectivity index (χ3n) is 3.95. The van der Waals surface area contributed by atoms with Crippen LogP contribution in [-0.4, -0.2) is 30.1 Å². The molecule has 0 radical (unpaired) electrons. The van der Waals surface area contributed by atoms with Gasteiger partial charge in [0.15, 0.2) is 6.61 Å². The molecule has 0 fully saturated rings. The standard InChI is InChI=1S/C19H19N3O4S/c1-13(16-8-5-11-27-16)20-17(23)12-26-19(25)15-9-10-18(24)22(21-15)14-6-3-2-4-7-14/h2-8,11,13H,9-10,12H2,1H3,(H,20,23)/t13-/m1/s1. The van der Waals surface area contributed by atoms with Crippen LogP contribution in [0.4, 0.5) is 5.69 Å². The van der Waals surface area contributed by atoms with Gasteiger partial charge in [-0.1, -0.05) is 24.3 Å². The molecule has 0 unspecified atom stereocenters. The minimum absolute atomic E-state index is 0.123. The van der Waals surface area contributed by atoms with Crippen molar-refractivity contribution in [2.24, 2.45) is 5.10 Å². The summed E-state index contributed by atoms with van der Waals surface area (Å²) >= 11 is 1.54. The number of benzene rings is 1. The van der Waals surface area contributed by atoms with Gasteiger partial charge in [0, 0.05) is 17.7 Å². The number of hydrazone groups is 1. The molecule has 27 heavy (non-hydrogen) atoms. The van der Waals surface area contributed by atoms with Crippen molar-refractivity contribution in [3.8, 4) is 0 Å². The van der Waals surface area contributed by atoms with Gasteiger partial charge in [-0.3, -0.25) is 9.59 Å². The van der Waals surface area contributed by atoms with E-state index in [4.69, 9.17) is 4.74 Å². The fourth-order valence-corrected chi connectivity index (χ4v) is 3.31. The van der Waals surface area contributed by atoms with Crippen LogP contribution >= 0.6 is 11.3 Å². The van der Waals surface area contributed by atoms with Gasteiger partial charge in [-0.25, -0.2) is 9.80 Å². The number of nitrogens with zero attached hydrogens (tertiary/aromatic N) is 2. The average Bonchev–Trinajstić information content (AvgIpc) is 3.22. The molecular formula is C19H19N3O4S. The molecule has 0 bridgehead atoms. The van der Waals surface area contributed by atoms with E-state index in [9.17, 15) is 14.4 Å². The van der Waals surface area contributed by atoms with Crippen LogP contribution in [0.3, 0.4) is 0 Å². The van der Waals surface area contributed by atoms with Gasteiger partial charge in [-0.2, -0.15) is 5.10 Å². The van der Waals surface area contributed by atoms with Crippen molar-refractivity contribution in [1.82, 2.24) is 5.32 Å². The van der Waals surface area contributed by atoms with E-state index in [0.717, 1.165) is 4.88 Å². The maximum atomic E-state index is 12.2. The summed E-state index contributed by atoms with van der Waals surface area (Å²) in [6, 6.07) is 12.5. The Morgan fingerprint density at radius 1 is 1.22 bits per heavy atom. The zero-order valence-electron chi connectivity index (χ0n) is 14.8. The molecule has 1 atom stereocenters. The van der Waals surface area contributed by atoms with Gasteiger partial charge in [0.25, 0.3) is 5.91 Å². The van der Waals surface area contributed by atoms with Crippen molar-refractivity contribution in [2.75, 3.05) is 11.6 Å². The third kappa shape index (κ3) is 4.79.